The Labute approximate surface area is 141 Å². The molecule has 2 N–H and O–H groups in total. The zero-order valence-corrected chi connectivity index (χ0v) is 14.4. The highest BCUT2D eigenvalue weighted by Crippen LogP contribution is 2.32. The maximum absolute atomic E-state index is 11.8. The summed E-state index contributed by atoms with van der Waals surface area (Å²) in [5.74, 6) is -0.531. The van der Waals surface area contributed by atoms with E-state index in [-0.39, 0.29) is 18.4 Å². The van der Waals surface area contributed by atoms with Gasteiger partial charge < -0.3 is 15.2 Å². The van der Waals surface area contributed by atoms with Gasteiger partial charge in [-0.25, -0.2) is 4.79 Å². The lowest BCUT2D eigenvalue weighted by molar-refractivity contribution is -0.137. The van der Waals surface area contributed by atoms with E-state index < -0.39 is 5.97 Å². The van der Waals surface area contributed by atoms with Gasteiger partial charge in [0.1, 0.15) is 4.88 Å². The highest BCUT2D eigenvalue weighted by molar-refractivity contribution is 7.12. The molecule has 1 aliphatic carbocycles. The SMILES string of the molecule is COC(=O)c1sccc1NC(CCCC(=O)O)C1CCCCC1. The first-order chi connectivity index (χ1) is 11.1. The number of nitrogens with one attached hydrogen (secondary N) is 1. The number of carbonyl (C=O) groups is 2. The van der Waals surface area contributed by atoms with E-state index in [1.807, 2.05) is 11.4 Å². The molecule has 5 nitrogen and oxygen atoms in total. The van der Waals surface area contributed by atoms with Gasteiger partial charge in [0, 0.05) is 12.5 Å². The van der Waals surface area contributed by atoms with Gasteiger partial charge in [0.15, 0.2) is 0 Å². The third-order valence-corrected chi connectivity index (χ3v) is 5.40. The Morgan fingerprint density at radius 1 is 1.39 bits per heavy atom. The summed E-state index contributed by atoms with van der Waals surface area (Å²) in [4.78, 5) is 23.2. The molecule has 1 aliphatic rings. The molecule has 0 spiro atoms. The second-order valence-corrected chi connectivity index (χ2v) is 7.01. The average Bonchev–Trinajstić information content (AvgIpc) is 3.02. The first kappa shape index (κ1) is 17.8. The molecule has 1 saturated carbocycles. The molecule has 0 aliphatic heterocycles. The van der Waals surface area contributed by atoms with E-state index in [1.54, 1.807) is 0 Å². The number of carboxylic acids is 1. The van der Waals surface area contributed by atoms with Crippen molar-refractivity contribution < 1.29 is 19.4 Å². The molecule has 1 aromatic rings. The van der Waals surface area contributed by atoms with Crippen molar-refractivity contribution in [1.29, 1.82) is 0 Å². The molecule has 2 rings (SSSR count). The summed E-state index contributed by atoms with van der Waals surface area (Å²) in [6.07, 6.45) is 7.74. The van der Waals surface area contributed by atoms with Crippen LogP contribution in [0.3, 0.4) is 0 Å². The van der Waals surface area contributed by atoms with Crippen molar-refractivity contribution >= 4 is 29.0 Å². The van der Waals surface area contributed by atoms with Crippen molar-refractivity contribution in [3.8, 4) is 0 Å². The van der Waals surface area contributed by atoms with E-state index in [2.05, 4.69) is 5.32 Å². The fourth-order valence-electron chi connectivity index (χ4n) is 3.31. The monoisotopic (exact) mass is 339 g/mol. The largest absolute Gasteiger partial charge is 0.481 e. The Balaban J connectivity index is 2.05. The minimum atomic E-state index is -0.752. The van der Waals surface area contributed by atoms with Gasteiger partial charge in [0.25, 0.3) is 0 Å². The first-order valence-corrected chi connectivity index (χ1v) is 9.14. The lowest BCUT2D eigenvalue weighted by Crippen LogP contribution is -2.31. The zero-order valence-electron chi connectivity index (χ0n) is 13.5. The summed E-state index contributed by atoms with van der Waals surface area (Å²) >= 11 is 1.37. The maximum Gasteiger partial charge on any atom is 0.350 e. The number of methoxy groups -OCH3 is 1. The summed E-state index contributed by atoms with van der Waals surface area (Å²) in [6.45, 7) is 0. The summed E-state index contributed by atoms with van der Waals surface area (Å²) in [5.41, 5.74) is 0.813. The molecule has 1 aromatic heterocycles. The van der Waals surface area contributed by atoms with Crippen molar-refractivity contribution in [1.82, 2.24) is 0 Å². The van der Waals surface area contributed by atoms with E-state index in [0.29, 0.717) is 17.2 Å². The Hall–Kier alpha value is -1.56. The number of hydrogen-bond acceptors (Lipinski definition) is 5. The van der Waals surface area contributed by atoms with E-state index in [0.717, 1.165) is 12.1 Å². The number of anilines is 1. The van der Waals surface area contributed by atoms with Gasteiger partial charge in [-0.05, 0) is 43.0 Å². The Morgan fingerprint density at radius 3 is 2.78 bits per heavy atom. The molecular weight excluding hydrogens is 314 g/mol. The lowest BCUT2D eigenvalue weighted by Gasteiger charge is -2.31. The van der Waals surface area contributed by atoms with Gasteiger partial charge >= 0.3 is 11.9 Å². The smallest absolute Gasteiger partial charge is 0.350 e. The fraction of sp³-hybridized carbons (Fsp3) is 0.647. The van der Waals surface area contributed by atoms with Crippen LogP contribution in [0, 0.1) is 5.92 Å². The number of thiophene rings is 1. The minimum Gasteiger partial charge on any atom is -0.481 e. The van der Waals surface area contributed by atoms with Gasteiger partial charge in [0.05, 0.1) is 12.8 Å². The van der Waals surface area contributed by atoms with Crippen LogP contribution in [-0.2, 0) is 9.53 Å². The quantitative estimate of drug-likeness (QED) is 0.696. The van der Waals surface area contributed by atoms with Crippen LogP contribution in [0.1, 0.15) is 61.0 Å². The maximum atomic E-state index is 11.8. The lowest BCUT2D eigenvalue weighted by atomic mass is 9.82. The summed E-state index contributed by atoms with van der Waals surface area (Å²) in [6, 6.07) is 2.12. The minimum absolute atomic E-state index is 0.193. The molecule has 0 aromatic carbocycles. The molecule has 1 atom stereocenters. The summed E-state index contributed by atoms with van der Waals surface area (Å²) in [5, 5.41) is 14.2. The number of hydrogen-bond donors (Lipinski definition) is 2. The molecule has 0 saturated heterocycles. The zero-order chi connectivity index (χ0) is 16.7. The molecule has 6 heteroatoms. The predicted octanol–water partition coefficient (Wildman–Crippen LogP) is 4.15. The molecule has 0 bridgehead atoms. The van der Waals surface area contributed by atoms with Gasteiger partial charge in [-0.15, -0.1) is 11.3 Å². The van der Waals surface area contributed by atoms with Gasteiger partial charge in [0.2, 0.25) is 0 Å². The number of ether oxygens (including phenoxy) is 1. The van der Waals surface area contributed by atoms with Crippen LogP contribution in [0.4, 0.5) is 5.69 Å². The molecule has 23 heavy (non-hydrogen) atoms. The number of rotatable bonds is 8. The van der Waals surface area contributed by atoms with Crippen LogP contribution in [0.15, 0.2) is 11.4 Å². The van der Waals surface area contributed by atoms with Crippen LogP contribution in [0.2, 0.25) is 0 Å². The van der Waals surface area contributed by atoms with Crippen LogP contribution in [0.5, 0.6) is 0 Å². The Morgan fingerprint density at radius 2 is 2.13 bits per heavy atom. The van der Waals surface area contributed by atoms with Crippen molar-refractivity contribution in [3.63, 3.8) is 0 Å². The molecule has 128 valence electrons. The first-order valence-electron chi connectivity index (χ1n) is 8.26. The molecule has 1 unspecified atom stereocenters. The van der Waals surface area contributed by atoms with Gasteiger partial charge in [-0.3, -0.25) is 4.79 Å². The van der Waals surface area contributed by atoms with E-state index in [4.69, 9.17) is 9.84 Å². The number of aliphatic carboxylic acids is 1. The molecule has 0 amide bonds. The van der Waals surface area contributed by atoms with E-state index in [9.17, 15) is 9.59 Å². The normalized spacial score (nSPS) is 16.7. The summed E-state index contributed by atoms with van der Waals surface area (Å²) in [7, 11) is 1.39. The molecule has 1 heterocycles. The van der Waals surface area contributed by atoms with E-state index in [1.165, 1.54) is 50.6 Å². The number of carbonyl (C=O) groups excluding carboxylic acids is 1. The highest BCUT2D eigenvalue weighted by atomic mass is 32.1. The van der Waals surface area contributed by atoms with Gasteiger partial charge in [-0.2, -0.15) is 0 Å². The van der Waals surface area contributed by atoms with Crippen molar-refractivity contribution in [3.05, 3.63) is 16.3 Å². The van der Waals surface area contributed by atoms with Crippen LogP contribution >= 0.6 is 11.3 Å². The van der Waals surface area contributed by atoms with Crippen molar-refractivity contribution in [2.75, 3.05) is 12.4 Å². The number of carboxylic acid groups (broad SMARTS) is 1. The second-order valence-electron chi connectivity index (χ2n) is 6.09. The second kappa shape index (κ2) is 8.91. The third-order valence-electron chi connectivity index (χ3n) is 4.50. The molecular formula is C17H25NO4S. The fourth-order valence-corrected chi connectivity index (χ4v) is 4.08. The topological polar surface area (TPSA) is 75.6 Å². The van der Waals surface area contributed by atoms with Crippen LogP contribution in [0.25, 0.3) is 0 Å². The van der Waals surface area contributed by atoms with Crippen molar-refractivity contribution in [2.24, 2.45) is 5.92 Å². The number of esters is 1. The van der Waals surface area contributed by atoms with Gasteiger partial charge in [-0.1, -0.05) is 19.3 Å². The molecule has 0 radical (unpaired) electrons. The summed E-state index contributed by atoms with van der Waals surface area (Å²) < 4.78 is 4.83. The standard InChI is InChI=1S/C17H25NO4S/c1-22-17(21)16-14(10-11-23-16)18-13(8-5-9-15(19)20)12-6-3-2-4-7-12/h10-13,18H,2-9H2,1H3,(H,19,20). The third kappa shape index (κ3) is 5.23. The van der Waals surface area contributed by atoms with Crippen molar-refractivity contribution in [2.45, 2.75) is 57.4 Å². The Kier molecular flexibility index (Phi) is 6.89. The predicted molar refractivity (Wildman–Crippen MR) is 91.1 cm³/mol. The molecule has 1 fully saturated rings. The highest BCUT2D eigenvalue weighted by Gasteiger charge is 2.25. The van der Waals surface area contributed by atoms with Crippen LogP contribution < -0.4 is 5.32 Å². The van der Waals surface area contributed by atoms with Crippen LogP contribution in [-0.4, -0.2) is 30.2 Å². The van der Waals surface area contributed by atoms with E-state index >= 15 is 0 Å². The average molecular weight is 339 g/mol. The Bertz CT molecular complexity index is 522.